The second kappa shape index (κ2) is 8.80. The first-order valence-corrected chi connectivity index (χ1v) is 12.9. The van der Waals surface area contributed by atoms with E-state index in [0.717, 1.165) is 11.1 Å². The highest BCUT2D eigenvalue weighted by molar-refractivity contribution is 6.30. The van der Waals surface area contributed by atoms with Gasteiger partial charge in [-0.1, -0.05) is 45.9 Å². The molecule has 0 saturated carbocycles. The molecule has 2 heterocycles. The van der Waals surface area contributed by atoms with Gasteiger partial charge in [-0.15, -0.1) is 0 Å². The van der Waals surface area contributed by atoms with Crippen molar-refractivity contribution in [2.24, 2.45) is 0 Å². The summed E-state index contributed by atoms with van der Waals surface area (Å²) in [6.07, 6.45) is 0. The maximum atomic E-state index is 14.3. The topological polar surface area (TPSA) is 104 Å². The Labute approximate surface area is 228 Å². The summed E-state index contributed by atoms with van der Waals surface area (Å²) in [5, 5.41) is 21.8. The Bertz CT molecular complexity index is 2240. The molecular formula is C33H22N4O3. The van der Waals surface area contributed by atoms with Gasteiger partial charge in [0.15, 0.2) is 0 Å². The van der Waals surface area contributed by atoms with Crippen LogP contribution in [0.15, 0.2) is 62.5 Å². The Balaban J connectivity index is 1.94. The van der Waals surface area contributed by atoms with Crippen molar-refractivity contribution < 1.29 is 4.42 Å². The largest absolute Gasteiger partial charge is 0.467 e. The molecule has 7 heteroatoms. The molecule has 0 saturated heterocycles. The fraction of sp³-hybridized carbons (Fsp3) is 0.182. The zero-order chi connectivity index (χ0) is 28.5. The van der Waals surface area contributed by atoms with Crippen LogP contribution in [-0.2, 0) is 0 Å². The number of pyridine rings is 1. The Morgan fingerprint density at radius 1 is 0.825 bits per heavy atom. The van der Waals surface area contributed by atoms with Crippen molar-refractivity contribution in [2.75, 3.05) is 0 Å². The van der Waals surface area contributed by atoms with Crippen molar-refractivity contribution in [3.8, 4) is 17.8 Å². The third-order valence-electron chi connectivity index (χ3n) is 7.60. The minimum Gasteiger partial charge on any atom is -0.467 e. The van der Waals surface area contributed by atoms with Gasteiger partial charge in [0.25, 0.3) is 11.1 Å². The van der Waals surface area contributed by atoms with E-state index in [2.05, 4.69) is 17.0 Å². The van der Waals surface area contributed by atoms with Gasteiger partial charge >= 0.3 is 0 Å². The molecule has 0 aliphatic carbocycles. The lowest BCUT2D eigenvalue weighted by atomic mass is 9.90. The molecule has 4 aromatic carbocycles. The number of aromatic nitrogens is 1. The van der Waals surface area contributed by atoms with Gasteiger partial charge < -0.3 is 4.42 Å². The van der Waals surface area contributed by atoms with Gasteiger partial charge in [0, 0.05) is 26.9 Å². The smallest absolute Gasteiger partial charge is 0.266 e. The molecule has 0 fully saturated rings. The monoisotopic (exact) mass is 522 g/mol. The molecule has 0 atom stereocenters. The number of para-hydroxylation sites is 1. The molecule has 0 aliphatic heterocycles. The van der Waals surface area contributed by atoms with Crippen LogP contribution in [0.2, 0.25) is 0 Å². The van der Waals surface area contributed by atoms with E-state index in [0.29, 0.717) is 38.4 Å². The van der Waals surface area contributed by atoms with Crippen LogP contribution in [0.1, 0.15) is 61.8 Å². The first-order chi connectivity index (χ1) is 19.2. The van der Waals surface area contributed by atoms with Crippen LogP contribution in [0, 0.1) is 29.2 Å². The predicted molar refractivity (Wildman–Crippen MR) is 156 cm³/mol. The molecule has 2 aromatic heterocycles. The van der Waals surface area contributed by atoms with Crippen LogP contribution in [0.4, 0.5) is 5.69 Å². The van der Waals surface area contributed by atoms with Crippen LogP contribution < -0.4 is 11.1 Å². The second-order valence-corrected chi connectivity index (χ2v) is 10.6. The lowest BCUT2D eigenvalue weighted by Crippen LogP contribution is -2.34. The molecule has 0 spiro atoms. The van der Waals surface area contributed by atoms with Crippen molar-refractivity contribution in [2.45, 2.75) is 39.5 Å². The molecule has 0 unspecified atom stereocenters. The van der Waals surface area contributed by atoms with Crippen molar-refractivity contribution in [3.05, 3.63) is 103 Å². The molecule has 0 bridgehead atoms. The van der Waals surface area contributed by atoms with Crippen molar-refractivity contribution in [1.82, 2.24) is 4.57 Å². The SMILES string of the molecule is [C-]#[N+]c1cc2c(=O)n(-c3c(C(C)C)cccc3C(C)C)c(=O)c3cc(C#N)c4c5cc(C#N)ccc5oc1c4c23. The van der Waals surface area contributed by atoms with Gasteiger partial charge in [0.05, 0.1) is 40.9 Å². The zero-order valence-electron chi connectivity index (χ0n) is 22.3. The number of hydrogen-bond donors (Lipinski definition) is 0. The van der Waals surface area contributed by atoms with E-state index in [-0.39, 0.29) is 39.4 Å². The van der Waals surface area contributed by atoms with Gasteiger partial charge in [-0.2, -0.15) is 10.5 Å². The summed E-state index contributed by atoms with van der Waals surface area (Å²) in [6, 6.07) is 17.9. The highest BCUT2D eigenvalue weighted by Gasteiger charge is 2.26. The van der Waals surface area contributed by atoms with E-state index in [1.807, 2.05) is 45.9 Å². The maximum absolute atomic E-state index is 14.3. The van der Waals surface area contributed by atoms with Crippen LogP contribution in [0.3, 0.4) is 0 Å². The van der Waals surface area contributed by atoms with Crippen LogP contribution in [0.5, 0.6) is 0 Å². The normalized spacial score (nSPS) is 11.6. The molecule has 192 valence electrons. The minimum absolute atomic E-state index is 0.0266. The summed E-state index contributed by atoms with van der Waals surface area (Å²) < 4.78 is 7.38. The quantitative estimate of drug-likeness (QED) is 0.137. The third kappa shape index (κ3) is 3.27. The molecule has 40 heavy (non-hydrogen) atoms. The molecule has 0 amide bonds. The third-order valence-corrected chi connectivity index (χ3v) is 7.60. The molecule has 0 aliphatic rings. The lowest BCUT2D eigenvalue weighted by molar-refractivity contribution is 0.664. The number of nitrogens with zero attached hydrogens (tertiary/aromatic N) is 4. The molecular weight excluding hydrogens is 500 g/mol. The van der Waals surface area contributed by atoms with Crippen molar-refractivity contribution >= 4 is 49.2 Å². The van der Waals surface area contributed by atoms with Gasteiger partial charge in [-0.25, -0.2) is 9.41 Å². The average Bonchev–Trinajstić information content (AvgIpc) is 2.96. The first-order valence-electron chi connectivity index (χ1n) is 12.9. The summed E-state index contributed by atoms with van der Waals surface area (Å²) in [5.41, 5.74) is 2.43. The lowest BCUT2D eigenvalue weighted by Gasteiger charge is -2.22. The fourth-order valence-electron chi connectivity index (χ4n) is 5.78. The summed E-state index contributed by atoms with van der Waals surface area (Å²) in [7, 11) is 0. The molecule has 7 nitrogen and oxygen atoms in total. The second-order valence-electron chi connectivity index (χ2n) is 10.6. The van der Waals surface area contributed by atoms with Gasteiger partial charge in [0.2, 0.25) is 5.69 Å². The van der Waals surface area contributed by atoms with Gasteiger partial charge in [0.1, 0.15) is 11.2 Å². The number of nitriles is 2. The Hall–Kier alpha value is -5.45. The van der Waals surface area contributed by atoms with Crippen LogP contribution in [-0.4, -0.2) is 4.57 Å². The van der Waals surface area contributed by atoms with Crippen molar-refractivity contribution in [3.63, 3.8) is 0 Å². The molecule has 0 radical (unpaired) electrons. The minimum atomic E-state index is -0.534. The van der Waals surface area contributed by atoms with Crippen LogP contribution in [0.25, 0.3) is 54.0 Å². The first kappa shape index (κ1) is 24.9. The Morgan fingerprint density at radius 2 is 1.48 bits per heavy atom. The standard InChI is InChI=1S/C33H22N4O3/c1-16(2)20-7-6-8-21(17(3)4)30(20)37-32(38)23-12-19(15-35)27-22-11-18(14-34)9-10-26(22)40-31-25(36-5)13-24(33(37)39)28(23)29(27)31/h6-13,16-17H,1-4H3. The Kier molecular flexibility index (Phi) is 5.47. The molecule has 6 rings (SSSR count). The van der Waals surface area contributed by atoms with E-state index in [1.165, 1.54) is 16.7 Å². The molecule has 6 aromatic rings. The van der Waals surface area contributed by atoms with E-state index in [1.54, 1.807) is 18.2 Å². The van der Waals surface area contributed by atoms with Gasteiger partial charge in [-0.05, 0) is 53.3 Å². The van der Waals surface area contributed by atoms with Crippen molar-refractivity contribution in [1.29, 1.82) is 10.5 Å². The van der Waals surface area contributed by atoms with E-state index < -0.39 is 11.1 Å². The fourth-order valence-corrected chi connectivity index (χ4v) is 5.78. The number of fused-ring (bicyclic) bond motifs is 2. The van der Waals surface area contributed by atoms with Crippen LogP contribution >= 0.6 is 0 Å². The van der Waals surface area contributed by atoms with E-state index in [4.69, 9.17) is 11.0 Å². The van der Waals surface area contributed by atoms with E-state index in [9.17, 15) is 20.1 Å². The molecule has 0 N–H and O–H groups in total. The number of rotatable bonds is 3. The zero-order valence-corrected chi connectivity index (χ0v) is 22.3. The van der Waals surface area contributed by atoms with E-state index >= 15 is 0 Å². The predicted octanol–water partition coefficient (Wildman–Crippen LogP) is 7.38. The highest BCUT2D eigenvalue weighted by atomic mass is 16.3. The number of hydrogen-bond acceptors (Lipinski definition) is 5. The maximum Gasteiger partial charge on any atom is 0.266 e. The average molecular weight is 523 g/mol. The van der Waals surface area contributed by atoms with Gasteiger partial charge in [-0.3, -0.25) is 9.59 Å². The summed E-state index contributed by atoms with van der Waals surface area (Å²) in [6.45, 7) is 15.9. The summed E-state index contributed by atoms with van der Waals surface area (Å²) in [5.74, 6) is 0.0533. The Morgan fingerprint density at radius 3 is 2.05 bits per heavy atom. The highest BCUT2D eigenvalue weighted by Crippen LogP contribution is 2.43. The number of benzene rings is 4. The summed E-state index contributed by atoms with van der Waals surface area (Å²) in [4.78, 5) is 32.3. The summed E-state index contributed by atoms with van der Waals surface area (Å²) >= 11 is 0.